The van der Waals surface area contributed by atoms with E-state index in [-0.39, 0.29) is 5.91 Å². The number of unbranched alkanes of at least 4 members (excludes halogenated alkanes) is 1. The van der Waals surface area contributed by atoms with E-state index in [2.05, 4.69) is 46.5 Å². The molecule has 0 aromatic carbocycles. The van der Waals surface area contributed by atoms with Gasteiger partial charge in [-0.1, -0.05) is 79.9 Å². The molecule has 1 rings (SSSR count). The summed E-state index contributed by atoms with van der Waals surface area (Å²) in [5, 5.41) is 2.94. The Morgan fingerprint density at radius 2 is 1.53 bits per heavy atom. The fourth-order valence-corrected chi connectivity index (χ4v) is 3.78. The van der Waals surface area contributed by atoms with Crippen LogP contribution in [0.25, 0.3) is 0 Å². The van der Waals surface area contributed by atoms with E-state index in [0.717, 1.165) is 50.4 Å². The first kappa shape index (κ1) is 40.0. The molecule has 1 amide bonds. The monoisotopic (exact) mass is 504 g/mol. The van der Waals surface area contributed by atoms with Gasteiger partial charge in [-0.3, -0.25) is 4.79 Å². The number of hydrogen-bond donors (Lipinski definition) is 1. The van der Waals surface area contributed by atoms with Crippen molar-refractivity contribution in [3.63, 3.8) is 0 Å². The van der Waals surface area contributed by atoms with Gasteiger partial charge in [0.2, 0.25) is 15.9 Å². The van der Waals surface area contributed by atoms with Crippen molar-refractivity contribution in [2.24, 2.45) is 11.8 Å². The summed E-state index contributed by atoms with van der Waals surface area (Å²) in [5.41, 5.74) is 2.11. The molecular weight excluding hydrogens is 444 g/mol. The van der Waals surface area contributed by atoms with Gasteiger partial charge < -0.3 is 5.32 Å². The molecule has 0 aromatic heterocycles. The number of nitrogens with zero attached hydrogens (tertiary/aromatic N) is 1. The summed E-state index contributed by atoms with van der Waals surface area (Å²) in [6.45, 7) is 28.0. The van der Waals surface area contributed by atoms with Crippen molar-refractivity contribution < 1.29 is 13.2 Å². The first-order chi connectivity index (χ1) is 15.9. The summed E-state index contributed by atoms with van der Waals surface area (Å²) in [7, 11) is -2.92. The third-order valence-electron chi connectivity index (χ3n) is 5.18. The topological polar surface area (TPSA) is 66.5 Å². The van der Waals surface area contributed by atoms with Gasteiger partial charge in [0.1, 0.15) is 0 Å². The van der Waals surface area contributed by atoms with Crippen LogP contribution in [-0.4, -0.2) is 44.5 Å². The number of nitrogens with one attached hydrogen (secondary N) is 1. The molecule has 206 valence electrons. The molecule has 1 fully saturated rings. The second-order valence-electron chi connectivity index (χ2n) is 8.53. The maximum atomic E-state index is 11.7. The van der Waals surface area contributed by atoms with Crippen LogP contribution < -0.4 is 5.32 Å². The normalized spacial score (nSPS) is 14.4. The number of allylic oxidation sites excluding steroid dienone is 2. The number of carbonyl (C=O) groups is 1. The molecule has 1 aliphatic rings. The van der Waals surface area contributed by atoms with Crippen LogP contribution in [0.2, 0.25) is 0 Å². The molecule has 6 heteroatoms. The Morgan fingerprint density at radius 3 is 1.85 bits per heavy atom. The lowest BCUT2D eigenvalue weighted by Gasteiger charge is -2.29. The van der Waals surface area contributed by atoms with Gasteiger partial charge in [0, 0.05) is 25.2 Å². The highest BCUT2D eigenvalue weighted by atomic mass is 32.2. The largest absolute Gasteiger partial charge is 0.352 e. The molecule has 1 heterocycles. The van der Waals surface area contributed by atoms with E-state index in [9.17, 15) is 13.2 Å². The second kappa shape index (κ2) is 26.5. The van der Waals surface area contributed by atoms with Crippen molar-refractivity contribution in [3.05, 3.63) is 23.8 Å². The van der Waals surface area contributed by atoms with Gasteiger partial charge in [-0.25, -0.2) is 12.7 Å². The molecule has 1 saturated heterocycles. The minimum Gasteiger partial charge on any atom is -0.352 e. The zero-order valence-corrected chi connectivity index (χ0v) is 25.7. The summed E-state index contributed by atoms with van der Waals surface area (Å²) >= 11 is 0. The van der Waals surface area contributed by atoms with Crippen molar-refractivity contribution >= 4 is 15.9 Å². The van der Waals surface area contributed by atoms with E-state index in [1.165, 1.54) is 31.1 Å². The first-order valence-corrected chi connectivity index (χ1v) is 15.3. The van der Waals surface area contributed by atoms with E-state index in [1.807, 2.05) is 41.5 Å². The fourth-order valence-electron chi connectivity index (χ4n) is 2.90. The first-order valence-electron chi connectivity index (χ1n) is 13.4. The van der Waals surface area contributed by atoms with E-state index in [0.29, 0.717) is 5.92 Å². The minimum atomic E-state index is -2.92. The molecule has 0 aromatic rings. The zero-order chi connectivity index (χ0) is 27.7. The quantitative estimate of drug-likeness (QED) is 0.273. The van der Waals surface area contributed by atoms with Gasteiger partial charge in [-0.2, -0.15) is 0 Å². The van der Waals surface area contributed by atoms with Gasteiger partial charge in [-0.05, 0) is 58.3 Å². The predicted octanol–water partition coefficient (Wildman–Crippen LogP) is 7.60. The smallest absolute Gasteiger partial charge is 0.246 e. The highest BCUT2D eigenvalue weighted by molar-refractivity contribution is 7.88. The lowest BCUT2D eigenvalue weighted by molar-refractivity contribution is -0.117. The summed E-state index contributed by atoms with van der Waals surface area (Å²) < 4.78 is 23.8. The van der Waals surface area contributed by atoms with Crippen molar-refractivity contribution in [1.29, 1.82) is 0 Å². The molecule has 1 aliphatic heterocycles. The predicted molar refractivity (Wildman–Crippen MR) is 154 cm³/mol. The molecule has 0 atom stereocenters. The van der Waals surface area contributed by atoms with Crippen molar-refractivity contribution in [2.45, 2.75) is 115 Å². The van der Waals surface area contributed by atoms with E-state index in [1.54, 1.807) is 10.4 Å². The fraction of sp³-hybridized carbons (Fsp3) is 0.821. The van der Waals surface area contributed by atoms with E-state index >= 15 is 0 Å². The molecule has 1 N–H and O–H groups in total. The SMILES string of the molecule is C=CC.CC.CC.CCC1CCN(S(C)(=O)=O)CC1.CCCC/C(C)=C(\C)C(=O)NCC(C)C. The molecule has 0 unspecified atom stereocenters. The van der Waals surface area contributed by atoms with Crippen LogP contribution in [-0.2, 0) is 14.8 Å². The summed E-state index contributed by atoms with van der Waals surface area (Å²) in [5.74, 6) is 1.35. The van der Waals surface area contributed by atoms with Gasteiger partial charge >= 0.3 is 0 Å². The van der Waals surface area contributed by atoms with Gasteiger partial charge in [0.15, 0.2) is 0 Å². The average Bonchev–Trinajstić information content (AvgIpc) is 2.83. The Bertz CT molecular complexity index is 603. The Kier molecular flexibility index (Phi) is 31.2. The van der Waals surface area contributed by atoms with E-state index < -0.39 is 10.0 Å². The number of sulfonamides is 1. The van der Waals surface area contributed by atoms with Crippen LogP contribution in [0.4, 0.5) is 0 Å². The van der Waals surface area contributed by atoms with Gasteiger partial charge in [0.25, 0.3) is 0 Å². The molecule has 0 saturated carbocycles. The van der Waals surface area contributed by atoms with Crippen LogP contribution in [0.3, 0.4) is 0 Å². The maximum Gasteiger partial charge on any atom is 0.246 e. The second-order valence-corrected chi connectivity index (χ2v) is 10.5. The molecule has 0 aliphatic carbocycles. The summed E-state index contributed by atoms with van der Waals surface area (Å²) in [4.78, 5) is 11.7. The molecule has 0 radical (unpaired) electrons. The third-order valence-corrected chi connectivity index (χ3v) is 6.48. The van der Waals surface area contributed by atoms with E-state index in [4.69, 9.17) is 0 Å². The van der Waals surface area contributed by atoms with Crippen molar-refractivity contribution in [2.75, 3.05) is 25.9 Å². The Labute approximate surface area is 214 Å². The Balaban J connectivity index is -0.000000211. The highest BCUT2D eigenvalue weighted by Gasteiger charge is 2.23. The average molecular weight is 505 g/mol. The minimum absolute atomic E-state index is 0.0947. The summed E-state index contributed by atoms with van der Waals surface area (Å²) in [6, 6.07) is 0. The number of rotatable bonds is 8. The standard InChI is InChI=1S/C13H25NO.C8H17NO2S.C3H6.2C2H6/c1-6-7-8-11(4)12(5)13(15)14-9-10(2)3;1-3-8-4-6-9(7-5-8)12(2,10)11;1-3-2;2*1-2/h10H,6-9H2,1-5H3,(H,14,15);8H,3-7H2,1-2H3;3H,1H2,2H3;2*1-2H3/b12-11+;;;;. The van der Waals surface area contributed by atoms with Crippen molar-refractivity contribution in [3.8, 4) is 0 Å². The lowest BCUT2D eigenvalue weighted by atomic mass is 9.96. The Morgan fingerprint density at radius 1 is 1.09 bits per heavy atom. The van der Waals surface area contributed by atoms with Crippen molar-refractivity contribution in [1.82, 2.24) is 9.62 Å². The molecule has 5 nitrogen and oxygen atoms in total. The van der Waals surface area contributed by atoms with Crippen LogP contribution in [0.15, 0.2) is 23.8 Å². The number of amides is 1. The van der Waals surface area contributed by atoms with Crippen LogP contribution >= 0.6 is 0 Å². The molecule has 0 bridgehead atoms. The Hall–Kier alpha value is -1.14. The van der Waals surface area contributed by atoms with Gasteiger partial charge in [-0.15, -0.1) is 6.58 Å². The van der Waals surface area contributed by atoms with Gasteiger partial charge in [0.05, 0.1) is 6.26 Å². The van der Waals surface area contributed by atoms with Crippen LogP contribution in [0.1, 0.15) is 115 Å². The highest BCUT2D eigenvalue weighted by Crippen LogP contribution is 2.21. The van der Waals surface area contributed by atoms with Crippen LogP contribution in [0, 0.1) is 11.8 Å². The van der Waals surface area contributed by atoms with Crippen LogP contribution in [0.5, 0.6) is 0 Å². The third kappa shape index (κ3) is 24.0. The zero-order valence-electron chi connectivity index (χ0n) is 24.9. The molecule has 0 spiro atoms. The number of carbonyl (C=O) groups excluding carboxylic acids is 1. The molecule has 34 heavy (non-hydrogen) atoms. The maximum absolute atomic E-state index is 11.7. The number of hydrogen-bond acceptors (Lipinski definition) is 3. The lowest BCUT2D eigenvalue weighted by Crippen LogP contribution is -2.37. The summed E-state index contributed by atoms with van der Waals surface area (Å²) in [6.07, 6.45) is 9.67. The number of piperidine rings is 1. The molecular formula is C28H60N2O3S.